The number of nitrogens with zero attached hydrogens (tertiary/aromatic N) is 2. The van der Waals surface area contributed by atoms with Crippen molar-refractivity contribution in [2.24, 2.45) is 0 Å². The maximum atomic E-state index is 12.9. The number of hydrogen-bond donors (Lipinski definition) is 3. The first-order chi connectivity index (χ1) is 16.1. The minimum absolute atomic E-state index is 0.0195. The maximum absolute atomic E-state index is 12.9. The number of unbranched alkanes of at least 4 members (excludes halogenated alkanes) is 11. The van der Waals surface area contributed by atoms with Crippen molar-refractivity contribution in [2.75, 3.05) is 32.7 Å². The fraction of sp³-hybridized carbons (Fsp3) is 0.704. The normalized spacial score (nSPS) is 14.4. The van der Waals surface area contributed by atoms with Crippen LogP contribution in [0, 0.1) is 5.41 Å². The number of amidine groups is 1. The summed E-state index contributed by atoms with van der Waals surface area (Å²) < 4.78 is 0. The van der Waals surface area contributed by atoms with E-state index in [1.165, 1.54) is 77.0 Å². The molecular weight excluding hydrogens is 412 g/mol. The minimum atomic E-state index is 0.0195. The predicted molar refractivity (Wildman–Crippen MR) is 136 cm³/mol. The Hall–Kier alpha value is -1.92. The Morgan fingerprint density at radius 1 is 0.909 bits per heavy atom. The summed E-state index contributed by atoms with van der Waals surface area (Å²) in [4.78, 5) is 17.3. The molecule has 1 heterocycles. The van der Waals surface area contributed by atoms with Gasteiger partial charge in [-0.3, -0.25) is 25.8 Å². The summed E-state index contributed by atoms with van der Waals surface area (Å²) in [5.74, 6) is 0.0800. The van der Waals surface area contributed by atoms with Crippen LogP contribution in [-0.2, 0) is 6.42 Å². The van der Waals surface area contributed by atoms with Crippen LogP contribution in [0.5, 0.6) is 0 Å². The molecule has 0 atom stereocenters. The molecule has 1 aromatic carbocycles. The first-order valence-corrected chi connectivity index (χ1v) is 13.2. The molecule has 0 radical (unpaired) electrons. The molecule has 1 aliphatic heterocycles. The van der Waals surface area contributed by atoms with Crippen molar-refractivity contribution < 1.29 is 10.0 Å². The molecule has 0 saturated carbocycles. The summed E-state index contributed by atoms with van der Waals surface area (Å²) in [6.07, 6.45) is 16.8. The second-order valence-electron chi connectivity index (χ2n) is 9.49. The highest BCUT2D eigenvalue weighted by atomic mass is 16.5. The van der Waals surface area contributed by atoms with Gasteiger partial charge in [-0.1, -0.05) is 89.7 Å². The van der Waals surface area contributed by atoms with Gasteiger partial charge in [-0.25, -0.2) is 0 Å². The second kappa shape index (κ2) is 16.7. The van der Waals surface area contributed by atoms with Gasteiger partial charge in [0.2, 0.25) is 0 Å². The van der Waals surface area contributed by atoms with Gasteiger partial charge < -0.3 is 4.90 Å². The summed E-state index contributed by atoms with van der Waals surface area (Å²) in [6, 6.07) is 7.38. The largest absolute Gasteiger partial charge is 0.336 e. The lowest BCUT2D eigenvalue weighted by Crippen LogP contribution is -2.48. The molecule has 1 aliphatic rings. The average Bonchev–Trinajstić information content (AvgIpc) is 2.84. The molecule has 186 valence electrons. The molecule has 6 heteroatoms. The van der Waals surface area contributed by atoms with Gasteiger partial charge in [0, 0.05) is 38.2 Å². The zero-order valence-electron chi connectivity index (χ0n) is 20.8. The molecule has 1 aromatic rings. The fourth-order valence-electron chi connectivity index (χ4n) is 4.59. The summed E-state index contributed by atoms with van der Waals surface area (Å²) in [5.41, 5.74) is 3.36. The van der Waals surface area contributed by atoms with E-state index in [0.717, 1.165) is 38.3 Å². The van der Waals surface area contributed by atoms with Crippen LogP contribution >= 0.6 is 0 Å². The van der Waals surface area contributed by atoms with E-state index >= 15 is 0 Å². The van der Waals surface area contributed by atoms with E-state index in [1.807, 2.05) is 34.6 Å². The number of hydrogen-bond acceptors (Lipinski definition) is 4. The number of amides is 1. The number of piperazine rings is 1. The molecule has 1 fully saturated rings. The Kier molecular flexibility index (Phi) is 13.8. The van der Waals surface area contributed by atoms with Gasteiger partial charge in [0.15, 0.2) is 0 Å². The van der Waals surface area contributed by atoms with Crippen LogP contribution in [0.25, 0.3) is 0 Å². The topological polar surface area (TPSA) is 79.7 Å². The molecule has 2 rings (SSSR count). The van der Waals surface area contributed by atoms with Gasteiger partial charge in [0.25, 0.3) is 5.91 Å². The Bertz CT molecular complexity index is 686. The van der Waals surface area contributed by atoms with Crippen LogP contribution in [0.15, 0.2) is 24.3 Å². The van der Waals surface area contributed by atoms with E-state index in [0.29, 0.717) is 5.56 Å². The Balaban J connectivity index is 1.53. The monoisotopic (exact) mass is 458 g/mol. The molecule has 0 spiro atoms. The van der Waals surface area contributed by atoms with Crippen LogP contribution in [0.4, 0.5) is 0 Å². The molecule has 1 amide bonds. The van der Waals surface area contributed by atoms with Crippen molar-refractivity contribution in [1.82, 2.24) is 15.3 Å². The predicted octanol–water partition coefficient (Wildman–Crippen LogP) is 5.64. The van der Waals surface area contributed by atoms with E-state index in [2.05, 4.69) is 11.8 Å². The van der Waals surface area contributed by atoms with Crippen LogP contribution in [0.1, 0.15) is 99.9 Å². The van der Waals surface area contributed by atoms with Gasteiger partial charge in [0.1, 0.15) is 5.84 Å². The first kappa shape index (κ1) is 27.3. The van der Waals surface area contributed by atoms with Crippen molar-refractivity contribution >= 4 is 11.7 Å². The van der Waals surface area contributed by atoms with Crippen molar-refractivity contribution in [3.8, 4) is 0 Å². The molecule has 1 saturated heterocycles. The van der Waals surface area contributed by atoms with Gasteiger partial charge in [-0.2, -0.15) is 0 Å². The summed E-state index contributed by atoms with van der Waals surface area (Å²) in [7, 11) is 0. The number of carbonyl (C=O) groups excluding carboxylic acids is 1. The van der Waals surface area contributed by atoms with Gasteiger partial charge >= 0.3 is 0 Å². The molecule has 0 bridgehead atoms. The van der Waals surface area contributed by atoms with Crippen LogP contribution in [0.2, 0.25) is 0 Å². The summed E-state index contributed by atoms with van der Waals surface area (Å²) in [6.45, 7) is 6.86. The van der Waals surface area contributed by atoms with Crippen LogP contribution < -0.4 is 5.48 Å². The third kappa shape index (κ3) is 11.2. The molecule has 3 N–H and O–H groups in total. The van der Waals surface area contributed by atoms with Crippen molar-refractivity contribution in [2.45, 2.75) is 90.4 Å². The van der Waals surface area contributed by atoms with E-state index in [-0.39, 0.29) is 18.2 Å². The number of hydroxylamine groups is 1. The number of rotatable bonds is 16. The standard InChI is InChI=1S/C27H46N4O2/c1-2-3-4-5-6-7-8-9-10-11-12-13-17-30-18-20-31(21-19-30)27(32)25-16-14-15-24(22-25)23-26(28)29-33/h14-16,22,33H,2-13,17-21,23H2,1H3,(H2,28,29). The fourth-order valence-corrected chi connectivity index (χ4v) is 4.59. The molecule has 0 unspecified atom stereocenters. The first-order valence-electron chi connectivity index (χ1n) is 13.2. The van der Waals surface area contributed by atoms with Crippen molar-refractivity contribution in [3.63, 3.8) is 0 Å². The Morgan fingerprint density at radius 3 is 2.06 bits per heavy atom. The van der Waals surface area contributed by atoms with Gasteiger partial charge in [-0.15, -0.1) is 0 Å². The van der Waals surface area contributed by atoms with Crippen molar-refractivity contribution in [3.05, 3.63) is 35.4 Å². The highest BCUT2D eigenvalue weighted by Crippen LogP contribution is 2.14. The van der Waals surface area contributed by atoms with E-state index in [1.54, 1.807) is 0 Å². The molecule has 6 nitrogen and oxygen atoms in total. The number of nitrogens with one attached hydrogen (secondary N) is 2. The zero-order chi connectivity index (χ0) is 23.7. The third-order valence-corrected chi connectivity index (χ3v) is 6.68. The maximum Gasteiger partial charge on any atom is 0.253 e. The van der Waals surface area contributed by atoms with Crippen LogP contribution in [0.3, 0.4) is 0 Å². The SMILES string of the molecule is CCCCCCCCCCCCCCN1CCN(C(=O)c2cccc(CC(=N)NO)c2)CC1. The molecule has 0 aromatic heterocycles. The lowest BCUT2D eigenvalue weighted by molar-refractivity contribution is 0.0635. The van der Waals surface area contributed by atoms with E-state index in [4.69, 9.17) is 10.6 Å². The third-order valence-electron chi connectivity index (χ3n) is 6.68. The van der Waals surface area contributed by atoms with E-state index < -0.39 is 0 Å². The zero-order valence-corrected chi connectivity index (χ0v) is 20.8. The average molecular weight is 459 g/mol. The smallest absolute Gasteiger partial charge is 0.253 e. The summed E-state index contributed by atoms with van der Waals surface area (Å²) in [5, 5.41) is 16.4. The summed E-state index contributed by atoms with van der Waals surface area (Å²) >= 11 is 0. The number of carbonyl (C=O) groups is 1. The highest BCUT2D eigenvalue weighted by molar-refractivity contribution is 5.94. The molecule has 0 aliphatic carbocycles. The molecular formula is C27H46N4O2. The minimum Gasteiger partial charge on any atom is -0.336 e. The van der Waals surface area contributed by atoms with Gasteiger partial charge in [-0.05, 0) is 30.7 Å². The number of benzene rings is 1. The Labute approximate surface area is 201 Å². The van der Waals surface area contributed by atoms with E-state index in [9.17, 15) is 4.79 Å². The second-order valence-corrected chi connectivity index (χ2v) is 9.49. The Morgan fingerprint density at radius 2 is 1.48 bits per heavy atom. The van der Waals surface area contributed by atoms with Gasteiger partial charge in [0.05, 0.1) is 0 Å². The lowest BCUT2D eigenvalue weighted by atomic mass is 10.1. The lowest BCUT2D eigenvalue weighted by Gasteiger charge is -2.34. The highest BCUT2D eigenvalue weighted by Gasteiger charge is 2.22. The molecule has 33 heavy (non-hydrogen) atoms. The quantitative estimate of drug-likeness (QED) is 0.130. The van der Waals surface area contributed by atoms with Crippen LogP contribution in [-0.4, -0.2) is 59.5 Å². The van der Waals surface area contributed by atoms with Crippen molar-refractivity contribution in [1.29, 1.82) is 5.41 Å².